The summed E-state index contributed by atoms with van der Waals surface area (Å²) in [5.74, 6) is 3.34. The summed E-state index contributed by atoms with van der Waals surface area (Å²) in [5, 5.41) is 4.67. The van der Waals surface area contributed by atoms with Gasteiger partial charge >= 0.3 is 0 Å². The van der Waals surface area contributed by atoms with E-state index in [9.17, 15) is 0 Å². The Hall–Kier alpha value is -3.84. The molecule has 7 nitrogen and oxygen atoms in total. The van der Waals surface area contributed by atoms with Crippen molar-refractivity contribution in [3.63, 3.8) is 0 Å². The summed E-state index contributed by atoms with van der Waals surface area (Å²) in [6.45, 7) is 7.05. The Bertz CT molecular complexity index is 1320. The fourth-order valence-electron chi connectivity index (χ4n) is 4.75. The molecule has 4 aromatic rings. The smallest absolute Gasteiger partial charge is 0.231 e. The van der Waals surface area contributed by atoms with E-state index in [2.05, 4.69) is 70.6 Å². The van der Waals surface area contributed by atoms with Gasteiger partial charge in [-0.3, -0.25) is 4.90 Å². The average molecular weight is 468 g/mol. The second-order valence-electron chi connectivity index (χ2n) is 9.12. The highest BCUT2D eigenvalue weighted by molar-refractivity contribution is 5.90. The lowest BCUT2D eigenvalue weighted by Crippen LogP contribution is -2.46. The molecule has 1 unspecified atom stereocenters. The van der Waals surface area contributed by atoms with Gasteiger partial charge in [0, 0.05) is 44.2 Å². The van der Waals surface area contributed by atoms with Crippen molar-refractivity contribution in [2.75, 3.05) is 43.2 Å². The summed E-state index contributed by atoms with van der Waals surface area (Å²) in [4.78, 5) is 14.7. The van der Waals surface area contributed by atoms with E-state index in [1.54, 1.807) is 0 Å². The summed E-state index contributed by atoms with van der Waals surface area (Å²) < 4.78 is 11.0. The Morgan fingerprint density at radius 1 is 0.857 bits per heavy atom. The number of aromatic nitrogens is 2. The first-order valence-electron chi connectivity index (χ1n) is 12.2. The van der Waals surface area contributed by atoms with E-state index < -0.39 is 0 Å². The van der Waals surface area contributed by atoms with Crippen molar-refractivity contribution in [3.05, 3.63) is 83.9 Å². The van der Waals surface area contributed by atoms with E-state index in [-0.39, 0.29) is 6.04 Å². The minimum Gasteiger partial charge on any atom is -0.454 e. The summed E-state index contributed by atoms with van der Waals surface area (Å²) in [6.07, 6.45) is 0. The van der Waals surface area contributed by atoms with Gasteiger partial charge in [0.2, 0.25) is 12.7 Å². The molecule has 1 saturated heterocycles. The van der Waals surface area contributed by atoms with Crippen molar-refractivity contribution in [2.45, 2.75) is 19.5 Å². The van der Waals surface area contributed by atoms with Crippen molar-refractivity contribution < 1.29 is 9.47 Å². The molecular weight excluding hydrogens is 438 g/mol. The van der Waals surface area contributed by atoms with Gasteiger partial charge in [0.05, 0.1) is 5.52 Å². The zero-order valence-electron chi connectivity index (χ0n) is 19.9. The molecule has 3 aromatic carbocycles. The van der Waals surface area contributed by atoms with Crippen molar-refractivity contribution in [2.24, 2.45) is 0 Å². The molecule has 178 valence electrons. The fraction of sp³-hybridized carbons (Fsp3) is 0.286. The van der Waals surface area contributed by atoms with Gasteiger partial charge in [-0.15, -0.1) is 0 Å². The molecule has 35 heavy (non-hydrogen) atoms. The first-order valence-corrected chi connectivity index (χ1v) is 12.2. The van der Waals surface area contributed by atoms with Crippen molar-refractivity contribution in [3.8, 4) is 11.5 Å². The second kappa shape index (κ2) is 9.43. The molecule has 7 heteroatoms. The standard InChI is InChI=1S/C28H29N5O2/c1-20(22-7-3-2-4-8-22)29-27-23-9-5-6-10-24(23)30-28(31-27)33-15-13-32(14-16-33)18-21-11-12-25-26(17-21)35-19-34-25/h2-12,17,20H,13-16,18-19H2,1H3,(H,29,30,31). The summed E-state index contributed by atoms with van der Waals surface area (Å²) >= 11 is 0. The molecule has 2 aliphatic heterocycles. The van der Waals surface area contributed by atoms with E-state index >= 15 is 0 Å². The molecule has 1 aromatic heterocycles. The molecule has 0 spiro atoms. The number of hydrogen-bond acceptors (Lipinski definition) is 7. The largest absolute Gasteiger partial charge is 0.454 e. The molecule has 0 saturated carbocycles. The lowest BCUT2D eigenvalue weighted by Gasteiger charge is -2.35. The van der Waals surface area contributed by atoms with Crippen LogP contribution in [0, 0.1) is 0 Å². The maximum absolute atomic E-state index is 5.53. The maximum atomic E-state index is 5.53. The van der Waals surface area contributed by atoms with Gasteiger partial charge in [-0.05, 0) is 42.3 Å². The van der Waals surface area contributed by atoms with Gasteiger partial charge in [-0.25, -0.2) is 4.98 Å². The zero-order chi connectivity index (χ0) is 23.6. The van der Waals surface area contributed by atoms with Crippen LogP contribution < -0.4 is 19.7 Å². The van der Waals surface area contributed by atoms with E-state index in [0.29, 0.717) is 6.79 Å². The van der Waals surface area contributed by atoms with Crippen LogP contribution in [0.15, 0.2) is 72.8 Å². The van der Waals surface area contributed by atoms with E-state index in [1.807, 2.05) is 24.3 Å². The number of para-hydroxylation sites is 1. The second-order valence-corrected chi connectivity index (χ2v) is 9.12. The number of nitrogens with zero attached hydrogens (tertiary/aromatic N) is 4. The Morgan fingerprint density at radius 3 is 2.49 bits per heavy atom. The average Bonchev–Trinajstić information content (AvgIpc) is 3.37. The third-order valence-electron chi connectivity index (χ3n) is 6.74. The fourth-order valence-corrected chi connectivity index (χ4v) is 4.75. The minimum absolute atomic E-state index is 0.140. The predicted molar refractivity (Wildman–Crippen MR) is 138 cm³/mol. The third-order valence-corrected chi connectivity index (χ3v) is 6.74. The maximum Gasteiger partial charge on any atom is 0.231 e. The molecule has 0 aliphatic carbocycles. The van der Waals surface area contributed by atoms with Gasteiger partial charge in [-0.1, -0.05) is 48.5 Å². The molecule has 3 heterocycles. The molecular formula is C28H29N5O2. The molecule has 1 fully saturated rings. The van der Waals surface area contributed by atoms with Gasteiger partial charge in [0.1, 0.15) is 5.82 Å². The normalized spacial score (nSPS) is 16.4. The van der Waals surface area contributed by atoms with Gasteiger partial charge < -0.3 is 19.7 Å². The Kier molecular flexibility index (Phi) is 5.84. The molecule has 1 N–H and O–H groups in total. The highest BCUT2D eigenvalue weighted by Crippen LogP contribution is 2.33. The van der Waals surface area contributed by atoms with Crippen LogP contribution in [0.2, 0.25) is 0 Å². The highest BCUT2D eigenvalue weighted by atomic mass is 16.7. The Morgan fingerprint density at radius 2 is 1.63 bits per heavy atom. The summed E-state index contributed by atoms with van der Waals surface area (Å²) in [5.41, 5.74) is 3.43. The lowest BCUT2D eigenvalue weighted by atomic mass is 10.1. The van der Waals surface area contributed by atoms with Crippen molar-refractivity contribution in [1.82, 2.24) is 14.9 Å². The molecule has 2 aliphatic rings. The number of anilines is 2. The van der Waals surface area contributed by atoms with Crippen LogP contribution in [0.5, 0.6) is 11.5 Å². The first-order chi connectivity index (χ1) is 17.2. The van der Waals surface area contributed by atoms with E-state index in [0.717, 1.165) is 66.9 Å². The van der Waals surface area contributed by atoms with Crippen LogP contribution in [-0.4, -0.2) is 47.8 Å². The first kappa shape index (κ1) is 21.7. The SMILES string of the molecule is CC(Nc1nc(N2CCN(Cc3ccc4c(c3)OCO4)CC2)nc2ccccc12)c1ccccc1. The number of ether oxygens (including phenoxy) is 2. The molecule has 6 rings (SSSR count). The van der Waals surface area contributed by atoms with Crippen LogP contribution in [0.1, 0.15) is 24.1 Å². The quantitative estimate of drug-likeness (QED) is 0.435. The van der Waals surface area contributed by atoms with Crippen LogP contribution in [0.4, 0.5) is 11.8 Å². The lowest BCUT2D eigenvalue weighted by molar-refractivity contribution is 0.174. The molecule has 1 atom stereocenters. The van der Waals surface area contributed by atoms with Crippen LogP contribution in [-0.2, 0) is 6.54 Å². The monoisotopic (exact) mass is 467 g/mol. The van der Waals surface area contributed by atoms with E-state index in [4.69, 9.17) is 19.4 Å². The number of rotatable bonds is 6. The number of piperazine rings is 1. The number of benzene rings is 3. The molecule has 0 amide bonds. The van der Waals surface area contributed by atoms with Crippen LogP contribution in [0.25, 0.3) is 10.9 Å². The van der Waals surface area contributed by atoms with Crippen LogP contribution in [0.3, 0.4) is 0 Å². The van der Waals surface area contributed by atoms with E-state index in [1.165, 1.54) is 11.1 Å². The van der Waals surface area contributed by atoms with Gasteiger partial charge in [-0.2, -0.15) is 4.98 Å². The number of nitrogens with one attached hydrogen (secondary N) is 1. The van der Waals surface area contributed by atoms with Gasteiger partial charge in [0.15, 0.2) is 11.5 Å². The number of hydrogen-bond donors (Lipinski definition) is 1. The third kappa shape index (κ3) is 4.59. The molecule has 0 radical (unpaired) electrons. The minimum atomic E-state index is 0.140. The van der Waals surface area contributed by atoms with Crippen molar-refractivity contribution in [1.29, 1.82) is 0 Å². The highest BCUT2D eigenvalue weighted by Gasteiger charge is 2.22. The summed E-state index contributed by atoms with van der Waals surface area (Å²) in [6, 6.07) is 25.0. The zero-order valence-corrected chi connectivity index (χ0v) is 19.9. The Labute approximate surface area is 205 Å². The predicted octanol–water partition coefficient (Wildman–Crippen LogP) is 4.85. The molecule has 0 bridgehead atoms. The summed E-state index contributed by atoms with van der Waals surface area (Å²) in [7, 11) is 0. The van der Waals surface area contributed by atoms with Gasteiger partial charge in [0.25, 0.3) is 0 Å². The topological polar surface area (TPSA) is 62.8 Å². The van der Waals surface area contributed by atoms with Crippen LogP contribution >= 0.6 is 0 Å². The van der Waals surface area contributed by atoms with Crippen molar-refractivity contribution >= 4 is 22.7 Å². The number of fused-ring (bicyclic) bond motifs is 2. The Balaban J connectivity index is 1.17.